The number of aromatic nitrogens is 1. The summed E-state index contributed by atoms with van der Waals surface area (Å²) >= 11 is 14.5. The highest BCUT2D eigenvalue weighted by Crippen LogP contribution is 2.66. The van der Waals surface area contributed by atoms with Crippen LogP contribution in [-0.4, -0.2) is 55.4 Å². The standard InChI is InChI=1S/C37H29Cl2N3O6/c1-3-7-19-8-6-9-24(30(19)43)29-22-16-17-23-28(25(22)18-36(38)34(46)41(2)35(47)37(29,36)39)33(45)42(32(23)44)21-14-12-20(13-15-21)31-40-26-10-4-5-11-27(26)48-31/h3-6,8-16,23,25,28-29,43H,1,7,17-18H2,2H3. The van der Waals surface area contributed by atoms with Gasteiger partial charge in [-0.15, -0.1) is 29.8 Å². The van der Waals surface area contributed by atoms with E-state index >= 15 is 0 Å². The Labute approximate surface area is 285 Å². The van der Waals surface area contributed by atoms with Crippen LogP contribution in [-0.2, 0) is 25.6 Å². The van der Waals surface area contributed by atoms with Gasteiger partial charge in [0, 0.05) is 24.1 Å². The lowest BCUT2D eigenvalue weighted by Gasteiger charge is -2.50. The number of fused-ring (bicyclic) bond motifs is 5. The minimum Gasteiger partial charge on any atom is -0.507 e. The molecule has 4 aromatic rings. The number of phenols is 1. The number of phenolic OH excluding ortho intramolecular Hbond substituents is 1. The summed E-state index contributed by atoms with van der Waals surface area (Å²) in [5.41, 5.74) is 3.92. The van der Waals surface area contributed by atoms with Crippen LogP contribution in [0.2, 0.25) is 0 Å². The molecule has 0 radical (unpaired) electrons. The normalized spacial score (nSPS) is 29.6. The number of hydrogen-bond donors (Lipinski definition) is 1. The molecule has 48 heavy (non-hydrogen) atoms. The molecule has 3 aromatic carbocycles. The predicted octanol–water partition coefficient (Wildman–Crippen LogP) is 6.12. The molecular formula is C37H29Cl2N3O6. The Hall–Kier alpha value is -4.73. The van der Waals surface area contributed by atoms with Gasteiger partial charge in [-0.25, -0.2) is 4.98 Å². The Kier molecular flexibility index (Phi) is 6.78. The Morgan fingerprint density at radius 1 is 0.979 bits per heavy atom. The zero-order chi connectivity index (χ0) is 33.7. The maximum Gasteiger partial charge on any atom is 0.253 e. The molecule has 3 fully saturated rings. The fraction of sp³-hybridized carbons (Fsp3) is 0.270. The number of aromatic hydroxyl groups is 1. The number of halogens is 2. The maximum atomic E-state index is 14.4. The first kappa shape index (κ1) is 30.6. The lowest BCUT2D eigenvalue weighted by Crippen LogP contribution is -2.60. The molecule has 1 saturated carbocycles. The van der Waals surface area contributed by atoms with E-state index < -0.39 is 51.1 Å². The van der Waals surface area contributed by atoms with Crippen LogP contribution in [0.5, 0.6) is 5.75 Å². The number of anilines is 1. The molecule has 242 valence electrons. The molecule has 4 aliphatic rings. The second kappa shape index (κ2) is 10.6. The molecular weight excluding hydrogens is 653 g/mol. The highest BCUT2D eigenvalue weighted by Gasteiger charge is 2.76. The fourth-order valence-corrected chi connectivity index (χ4v) is 9.27. The van der Waals surface area contributed by atoms with Crippen LogP contribution in [0.15, 0.2) is 95.5 Å². The molecule has 1 aromatic heterocycles. The number of para-hydroxylation sites is 3. The second-order valence-corrected chi connectivity index (χ2v) is 14.1. The molecule has 0 bridgehead atoms. The van der Waals surface area contributed by atoms with Crippen molar-refractivity contribution in [3.8, 4) is 17.2 Å². The molecule has 2 aliphatic heterocycles. The van der Waals surface area contributed by atoms with E-state index in [1.165, 1.54) is 11.9 Å². The van der Waals surface area contributed by atoms with Crippen molar-refractivity contribution >= 4 is 63.6 Å². The molecule has 6 atom stereocenters. The van der Waals surface area contributed by atoms with Crippen molar-refractivity contribution in [2.45, 2.75) is 34.9 Å². The molecule has 6 unspecified atom stereocenters. The molecule has 2 aliphatic carbocycles. The van der Waals surface area contributed by atoms with Crippen LogP contribution in [0.3, 0.4) is 0 Å². The molecule has 3 heterocycles. The van der Waals surface area contributed by atoms with Gasteiger partial charge in [0.15, 0.2) is 15.3 Å². The van der Waals surface area contributed by atoms with Crippen LogP contribution in [0.25, 0.3) is 22.6 Å². The number of imide groups is 2. The summed E-state index contributed by atoms with van der Waals surface area (Å²) in [5.74, 6) is -5.15. The number of nitrogens with zero attached hydrogens (tertiary/aromatic N) is 3. The van der Waals surface area contributed by atoms with Gasteiger partial charge in [-0.3, -0.25) is 29.0 Å². The Balaban J connectivity index is 1.19. The van der Waals surface area contributed by atoms with Crippen molar-refractivity contribution < 1.29 is 28.7 Å². The zero-order valence-electron chi connectivity index (χ0n) is 25.7. The van der Waals surface area contributed by atoms with Crippen LogP contribution >= 0.6 is 23.2 Å². The third-order valence-corrected chi connectivity index (χ3v) is 11.9. The van der Waals surface area contributed by atoms with Gasteiger partial charge in [0.25, 0.3) is 11.8 Å². The van der Waals surface area contributed by atoms with Crippen LogP contribution in [0.4, 0.5) is 5.69 Å². The smallest absolute Gasteiger partial charge is 0.253 e. The quantitative estimate of drug-likeness (QED) is 0.153. The Morgan fingerprint density at radius 3 is 2.46 bits per heavy atom. The summed E-state index contributed by atoms with van der Waals surface area (Å²) in [7, 11) is 1.33. The van der Waals surface area contributed by atoms with Crippen molar-refractivity contribution in [3.05, 3.63) is 102 Å². The number of alkyl halides is 2. The van der Waals surface area contributed by atoms with E-state index in [0.717, 1.165) is 4.90 Å². The first-order chi connectivity index (χ1) is 23.0. The lowest BCUT2D eigenvalue weighted by molar-refractivity contribution is -0.138. The van der Waals surface area contributed by atoms with Crippen LogP contribution in [0, 0.1) is 17.8 Å². The first-order valence-electron chi connectivity index (χ1n) is 15.7. The van der Waals surface area contributed by atoms with Gasteiger partial charge in [0.05, 0.1) is 17.5 Å². The largest absolute Gasteiger partial charge is 0.507 e. The average Bonchev–Trinajstić information content (AvgIpc) is 3.67. The van der Waals surface area contributed by atoms with E-state index in [-0.39, 0.29) is 24.5 Å². The van der Waals surface area contributed by atoms with Gasteiger partial charge in [0.1, 0.15) is 11.3 Å². The van der Waals surface area contributed by atoms with Gasteiger partial charge in [-0.1, -0.05) is 48.1 Å². The van der Waals surface area contributed by atoms with E-state index in [9.17, 15) is 24.3 Å². The Bertz CT molecular complexity index is 2090. The maximum absolute atomic E-state index is 14.4. The molecule has 2 saturated heterocycles. The summed E-state index contributed by atoms with van der Waals surface area (Å²) in [6.45, 7) is 3.77. The van der Waals surface area contributed by atoms with E-state index in [0.29, 0.717) is 51.4 Å². The molecule has 8 rings (SSSR count). The minimum absolute atomic E-state index is 0.0885. The van der Waals surface area contributed by atoms with Crippen LogP contribution < -0.4 is 4.90 Å². The molecule has 11 heteroatoms. The molecule has 9 nitrogen and oxygen atoms in total. The lowest BCUT2D eigenvalue weighted by atomic mass is 9.56. The highest BCUT2D eigenvalue weighted by atomic mass is 35.5. The molecule has 0 spiro atoms. The molecule has 1 N–H and O–H groups in total. The van der Waals surface area contributed by atoms with Gasteiger partial charge in [-0.05, 0) is 67.1 Å². The number of carbonyl (C=O) groups excluding carboxylic acids is 4. The predicted molar refractivity (Wildman–Crippen MR) is 179 cm³/mol. The summed E-state index contributed by atoms with van der Waals surface area (Å²) in [6.07, 6.45) is 3.92. The van der Waals surface area contributed by atoms with Gasteiger partial charge in [-0.2, -0.15) is 0 Å². The topological polar surface area (TPSA) is 121 Å². The summed E-state index contributed by atoms with van der Waals surface area (Å²) < 4.78 is 5.88. The number of oxazole rings is 1. The first-order valence-corrected chi connectivity index (χ1v) is 16.4. The van der Waals surface area contributed by atoms with E-state index in [4.69, 9.17) is 27.6 Å². The van der Waals surface area contributed by atoms with Gasteiger partial charge < -0.3 is 9.52 Å². The number of hydrogen-bond acceptors (Lipinski definition) is 7. The number of carbonyl (C=O) groups is 4. The Morgan fingerprint density at radius 2 is 1.73 bits per heavy atom. The second-order valence-electron chi connectivity index (χ2n) is 12.9. The van der Waals surface area contributed by atoms with Crippen molar-refractivity contribution in [3.63, 3.8) is 0 Å². The monoisotopic (exact) mass is 681 g/mol. The van der Waals surface area contributed by atoms with Gasteiger partial charge in [0.2, 0.25) is 17.7 Å². The summed E-state index contributed by atoms with van der Waals surface area (Å²) in [5, 5.41) is 11.5. The van der Waals surface area contributed by atoms with Gasteiger partial charge >= 0.3 is 0 Å². The number of allylic oxidation sites excluding steroid dienone is 3. The van der Waals surface area contributed by atoms with Crippen molar-refractivity contribution in [2.24, 2.45) is 17.8 Å². The zero-order valence-corrected chi connectivity index (χ0v) is 27.2. The SMILES string of the molecule is C=CCc1cccc(C2C3=CCC4C(=O)N(c5ccc(-c6nc7ccccc7o6)cc5)C(=O)C4C3CC3(Cl)C(=O)N(C)C(=O)C23Cl)c1O. The number of likely N-dealkylation sites (tertiary alicyclic amines) is 1. The molecule has 4 amide bonds. The van der Waals surface area contributed by atoms with E-state index in [2.05, 4.69) is 11.6 Å². The van der Waals surface area contributed by atoms with Crippen LogP contribution in [0.1, 0.15) is 29.9 Å². The third kappa shape index (κ3) is 3.94. The fourth-order valence-electron chi connectivity index (χ4n) is 8.26. The average molecular weight is 683 g/mol. The summed E-state index contributed by atoms with van der Waals surface area (Å²) in [6, 6.07) is 19.4. The van der Waals surface area contributed by atoms with Crippen molar-refractivity contribution in [1.82, 2.24) is 9.88 Å². The highest BCUT2D eigenvalue weighted by molar-refractivity contribution is 6.53. The number of amides is 4. The third-order valence-electron chi connectivity index (χ3n) is 10.5. The summed E-state index contributed by atoms with van der Waals surface area (Å²) in [4.78, 5) is 58.6. The van der Waals surface area contributed by atoms with E-state index in [1.807, 2.05) is 30.3 Å². The minimum atomic E-state index is -1.98. The van der Waals surface area contributed by atoms with Crippen molar-refractivity contribution in [1.29, 1.82) is 0 Å². The number of benzene rings is 3. The van der Waals surface area contributed by atoms with Crippen molar-refractivity contribution in [2.75, 3.05) is 11.9 Å². The number of rotatable bonds is 5. The van der Waals surface area contributed by atoms with E-state index in [1.54, 1.807) is 48.5 Å².